The Kier molecular flexibility index (Phi) is 4.42. The molecule has 2 heterocycles. The summed E-state index contributed by atoms with van der Waals surface area (Å²) in [6.07, 6.45) is 4.91. The van der Waals surface area contributed by atoms with Gasteiger partial charge in [-0.15, -0.1) is 0 Å². The lowest BCUT2D eigenvalue weighted by Crippen LogP contribution is -2.48. The normalized spacial score (nSPS) is 21.1. The number of amides is 2. The average molecular weight is 306 g/mol. The Hall–Kier alpha value is -1.89. The number of carbonyl (C=O) groups excluding carboxylic acids is 2. The zero-order valence-electron chi connectivity index (χ0n) is 12.8. The number of fused-ring (bicyclic) bond motifs is 1. The third-order valence-corrected chi connectivity index (χ3v) is 4.46. The van der Waals surface area contributed by atoms with Crippen LogP contribution in [0.1, 0.15) is 31.0 Å². The smallest absolute Gasteiger partial charge is 0.246 e. The second kappa shape index (κ2) is 6.48. The molecule has 7 heteroatoms. The number of rotatable bonds is 5. The van der Waals surface area contributed by atoms with E-state index in [9.17, 15) is 9.59 Å². The molecule has 0 radical (unpaired) electrons. The van der Waals surface area contributed by atoms with Gasteiger partial charge in [0, 0.05) is 32.3 Å². The van der Waals surface area contributed by atoms with E-state index in [4.69, 9.17) is 4.74 Å². The van der Waals surface area contributed by atoms with Crippen LogP contribution in [0.2, 0.25) is 0 Å². The number of ether oxygens (including phenoxy) is 1. The summed E-state index contributed by atoms with van der Waals surface area (Å²) < 4.78 is 6.73. The Morgan fingerprint density at radius 3 is 2.95 bits per heavy atom. The molecule has 1 aliphatic heterocycles. The van der Waals surface area contributed by atoms with Gasteiger partial charge in [-0.05, 0) is 18.9 Å². The maximum atomic E-state index is 12.5. The zero-order chi connectivity index (χ0) is 15.5. The van der Waals surface area contributed by atoms with Crippen LogP contribution in [0.25, 0.3) is 0 Å². The summed E-state index contributed by atoms with van der Waals surface area (Å²) in [4.78, 5) is 26.0. The van der Waals surface area contributed by atoms with Gasteiger partial charge >= 0.3 is 0 Å². The molecular formula is C15H22N4O3. The highest BCUT2D eigenvalue weighted by Crippen LogP contribution is 2.30. The SMILES string of the molecule is COCC(=O)NC[C@@H]1CN(C(=O)C2CCC2)Cc2ccnn21. The van der Waals surface area contributed by atoms with Crippen LogP contribution in [0, 0.1) is 5.92 Å². The molecule has 1 atom stereocenters. The van der Waals surface area contributed by atoms with Gasteiger partial charge in [0.25, 0.3) is 0 Å². The van der Waals surface area contributed by atoms with Gasteiger partial charge in [-0.1, -0.05) is 6.42 Å². The van der Waals surface area contributed by atoms with Gasteiger partial charge in [0.1, 0.15) is 6.61 Å². The predicted molar refractivity (Wildman–Crippen MR) is 78.9 cm³/mol. The molecule has 1 aromatic heterocycles. The van der Waals surface area contributed by atoms with Crippen molar-refractivity contribution < 1.29 is 14.3 Å². The average Bonchev–Trinajstić information content (AvgIpc) is 2.91. The molecule has 2 amide bonds. The fourth-order valence-electron chi connectivity index (χ4n) is 3.03. The first-order chi connectivity index (χ1) is 10.7. The highest BCUT2D eigenvalue weighted by Gasteiger charge is 2.34. The molecule has 22 heavy (non-hydrogen) atoms. The summed E-state index contributed by atoms with van der Waals surface area (Å²) in [7, 11) is 1.49. The number of hydrogen-bond acceptors (Lipinski definition) is 4. The van der Waals surface area contributed by atoms with E-state index in [0.717, 1.165) is 25.0 Å². The second-order valence-electron chi connectivity index (χ2n) is 6.00. The number of nitrogens with one attached hydrogen (secondary N) is 1. The Bertz CT molecular complexity index is 553. The lowest BCUT2D eigenvalue weighted by molar-refractivity contribution is -0.140. The van der Waals surface area contributed by atoms with Gasteiger partial charge in [-0.2, -0.15) is 5.10 Å². The zero-order valence-corrected chi connectivity index (χ0v) is 12.8. The van der Waals surface area contributed by atoms with E-state index in [1.165, 1.54) is 7.11 Å². The second-order valence-corrected chi connectivity index (χ2v) is 6.00. The first-order valence-corrected chi connectivity index (χ1v) is 7.76. The van der Waals surface area contributed by atoms with Crippen molar-refractivity contribution in [3.05, 3.63) is 18.0 Å². The van der Waals surface area contributed by atoms with Crippen LogP contribution in [0.4, 0.5) is 0 Å². The molecule has 3 rings (SSSR count). The van der Waals surface area contributed by atoms with Crippen LogP contribution in [0.3, 0.4) is 0 Å². The van der Waals surface area contributed by atoms with E-state index in [1.807, 2.05) is 15.6 Å². The topological polar surface area (TPSA) is 76.5 Å². The predicted octanol–water partition coefficient (Wildman–Crippen LogP) is 0.329. The van der Waals surface area contributed by atoms with Crippen LogP contribution >= 0.6 is 0 Å². The molecule has 0 spiro atoms. The highest BCUT2D eigenvalue weighted by atomic mass is 16.5. The Morgan fingerprint density at radius 2 is 2.27 bits per heavy atom. The van der Waals surface area contributed by atoms with Crippen LogP contribution in [-0.4, -0.2) is 53.3 Å². The third kappa shape index (κ3) is 2.99. The molecule has 0 unspecified atom stereocenters. The van der Waals surface area contributed by atoms with Crippen molar-refractivity contribution in [1.82, 2.24) is 20.0 Å². The van der Waals surface area contributed by atoms with Crippen molar-refractivity contribution >= 4 is 11.8 Å². The molecule has 1 aliphatic carbocycles. The van der Waals surface area contributed by atoms with E-state index in [1.54, 1.807) is 6.20 Å². The molecule has 0 aromatic carbocycles. The van der Waals surface area contributed by atoms with Gasteiger partial charge in [-0.3, -0.25) is 14.3 Å². The van der Waals surface area contributed by atoms with E-state index < -0.39 is 0 Å². The van der Waals surface area contributed by atoms with Crippen LogP contribution in [0.5, 0.6) is 0 Å². The van der Waals surface area contributed by atoms with E-state index in [-0.39, 0.29) is 30.4 Å². The van der Waals surface area contributed by atoms with Crippen LogP contribution in [-0.2, 0) is 20.9 Å². The van der Waals surface area contributed by atoms with E-state index in [0.29, 0.717) is 19.6 Å². The number of nitrogens with zero attached hydrogens (tertiary/aromatic N) is 3. The standard InChI is InChI=1S/C15H22N4O3/c1-22-10-14(20)16-7-13-9-18(15(21)11-3-2-4-11)8-12-5-6-17-19(12)13/h5-6,11,13H,2-4,7-10H2,1H3,(H,16,20)/t13-/m1/s1. The van der Waals surface area contributed by atoms with Crippen molar-refractivity contribution in [2.24, 2.45) is 5.92 Å². The summed E-state index contributed by atoms with van der Waals surface area (Å²) in [5.41, 5.74) is 1.02. The number of carbonyl (C=O) groups is 2. The monoisotopic (exact) mass is 306 g/mol. The van der Waals surface area contributed by atoms with Crippen molar-refractivity contribution in [3.8, 4) is 0 Å². The summed E-state index contributed by atoms with van der Waals surface area (Å²) in [5.74, 6) is 0.281. The minimum absolute atomic E-state index is 0.0245. The fraction of sp³-hybridized carbons (Fsp3) is 0.667. The molecule has 0 saturated heterocycles. The first-order valence-electron chi connectivity index (χ1n) is 7.76. The quantitative estimate of drug-likeness (QED) is 0.850. The van der Waals surface area contributed by atoms with E-state index >= 15 is 0 Å². The molecule has 1 saturated carbocycles. The van der Waals surface area contributed by atoms with Crippen molar-refractivity contribution in [1.29, 1.82) is 0 Å². The summed E-state index contributed by atoms with van der Waals surface area (Å²) in [6, 6.07) is 1.91. The maximum Gasteiger partial charge on any atom is 0.246 e. The van der Waals surface area contributed by atoms with Gasteiger partial charge < -0.3 is 15.0 Å². The van der Waals surface area contributed by atoms with E-state index in [2.05, 4.69) is 10.4 Å². The van der Waals surface area contributed by atoms with Crippen LogP contribution in [0.15, 0.2) is 12.3 Å². The van der Waals surface area contributed by atoms with Gasteiger partial charge in [0.05, 0.1) is 18.3 Å². The minimum atomic E-state index is -0.154. The largest absolute Gasteiger partial charge is 0.375 e. The molecule has 1 fully saturated rings. The Balaban J connectivity index is 1.66. The fourth-order valence-corrected chi connectivity index (χ4v) is 3.03. The molecule has 1 aromatic rings. The molecule has 0 bridgehead atoms. The summed E-state index contributed by atoms with van der Waals surface area (Å²) in [6.45, 7) is 1.70. The lowest BCUT2D eigenvalue weighted by Gasteiger charge is -2.37. The lowest BCUT2D eigenvalue weighted by atomic mass is 9.84. The number of aromatic nitrogens is 2. The molecule has 7 nitrogen and oxygen atoms in total. The molecule has 120 valence electrons. The first kappa shape index (κ1) is 15.0. The summed E-state index contributed by atoms with van der Waals surface area (Å²) in [5, 5.41) is 7.17. The number of methoxy groups -OCH3 is 1. The van der Waals surface area contributed by atoms with Gasteiger partial charge in [0.15, 0.2) is 0 Å². The van der Waals surface area contributed by atoms with Crippen molar-refractivity contribution in [2.45, 2.75) is 31.8 Å². The van der Waals surface area contributed by atoms with Gasteiger partial charge in [-0.25, -0.2) is 0 Å². The molecule has 2 aliphatic rings. The van der Waals surface area contributed by atoms with Crippen molar-refractivity contribution in [3.63, 3.8) is 0 Å². The molecule has 1 N–H and O–H groups in total. The highest BCUT2D eigenvalue weighted by molar-refractivity contribution is 5.80. The van der Waals surface area contributed by atoms with Crippen LogP contribution < -0.4 is 5.32 Å². The summed E-state index contributed by atoms with van der Waals surface area (Å²) >= 11 is 0. The number of hydrogen-bond donors (Lipinski definition) is 1. The Labute approximate surface area is 129 Å². The van der Waals surface area contributed by atoms with Crippen molar-refractivity contribution in [2.75, 3.05) is 26.8 Å². The third-order valence-electron chi connectivity index (χ3n) is 4.46. The van der Waals surface area contributed by atoms with Gasteiger partial charge in [0.2, 0.25) is 11.8 Å². The molecular weight excluding hydrogens is 284 g/mol. The Morgan fingerprint density at radius 1 is 1.45 bits per heavy atom. The maximum absolute atomic E-state index is 12.5. The minimum Gasteiger partial charge on any atom is -0.375 e.